The van der Waals surface area contributed by atoms with Crippen molar-refractivity contribution in [2.75, 3.05) is 20.2 Å². The first-order valence-electron chi connectivity index (χ1n) is 5.41. The molecule has 0 unspecified atom stereocenters. The summed E-state index contributed by atoms with van der Waals surface area (Å²) < 4.78 is 63.2. The van der Waals surface area contributed by atoms with Crippen LogP contribution in [-0.2, 0) is 4.84 Å². The maximum absolute atomic E-state index is 13.3. The van der Waals surface area contributed by atoms with Gasteiger partial charge in [0.25, 0.3) is 5.92 Å². The second kappa shape index (κ2) is 5.83. The number of alkyl halides is 5. The number of halogens is 5. The third-order valence-corrected chi connectivity index (χ3v) is 2.84. The third-order valence-electron chi connectivity index (χ3n) is 2.84. The summed E-state index contributed by atoms with van der Waals surface area (Å²) in [5.41, 5.74) is 0.570. The molecule has 1 saturated heterocycles. The second-order valence-electron chi connectivity index (χ2n) is 4.18. The minimum Gasteiger partial charge on any atom is -0.308 e. The number of nitrogens with one attached hydrogen (secondary N) is 2. The summed E-state index contributed by atoms with van der Waals surface area (Å²) >= 11 is 0. The minimum absolute atomic E-state index is 0.104. The van der Waals surface area contributed by atoms with Crippen molar-refractivity contribution >= 4 is 6.21 Å². The number of rotatable bonds is 5. The standard InChI is InChI=1S/C10H14F5N3O/c1-18-3-2-9(11,12)8(18)6-19-17-5-7(4-16)10(13,14)15/h4-5,8,16-17H,2-3,6H2,1H3/b7-5+,16-4?/t8-/m1/s1. The van der Waals surface area contributed by atoms with Gasteiger partial charge in [0.1, 0.15) is 0 Å². The third kappa shape index (κ3) is 4.13. The molecule has 0 aromatic carbocycles. The molecule has 9 heteroatoms. The molecule has 1 aliphatic heterocycles. The summed E-state index contributed by atoms with van der Waals surface area (Å²) in [7, 11) is 1.49. The van der Waals surface area contributed by atoms with Gasteiger partial charge in [0, 0.05) is 25.4 Å². The number of hydrogen-bond donors (Lipinski definition) is 2. The predicted molar refractivity (Wildman–Crippen MR) is 58.0 cm³/mol. The van der Waals surface area contributed by atoms with Gasteiger partial charge in [0.05, 0.1) is 18.2 Å². The van der Waals surface area contributed by atoms with Crippen molar-refractivity contribution in [2.24, 2.45) is 0 Å². The highest BCUT2D eigenvalue weighted by molar-refractivity contribution is 5.77. The average Bonchev–Trinajstić information content (AvgIpc) is 2.53. The van der Waals surface area contributed by atoms with Crippen molar-refractivity contribution < 1.29 is 26.8 Å². The molecule has 1 fully saturated rings. The zero-order chi connectivity index (χ0) is 14.7. The lowest BCUT2D eigenvalue weighted by Gasteiger charge is -2.23. The van der Waals surface area contributed by atoms with Gasteiger partial charge >= 0.3 is 6.18 Å². The molecule has 1 rings (SSSR count). The summed E-state index contributed by atoms with van der Waals surface area (Å²) in [5, 5.41) is 6.58. The zero-order valence-electron chi connectivity index (χ0n) is 10.1. The van der Waals surface area contributed by atoms with E-state index in [4.69, 9.17) is 5.41 Å². The van der Waals surface area contributed by atoms with Gasteiger partial charge in [-0.25, -0.2) is 8.78 Å². The summed E-state index contributed by atoms with van der Waals surface area (Å²) in [5.74, 6) is -2.92. The lowest BCUT2D eigenvalue weighted by atomic mass is 10.2. The quantitative estimate of drug-likeness (QED) is 0.352. The minimum atomic E-state index is -4.69. The molecule has 0 aromatic rings. The molecular formula is C10H14F5N3O. The van der Waals surface area contributed by atoms with E-state index in [0.717, 1.165) is 0 Å². The van der Waals surface area contributed by atoms with Gasteiger partial charge in [0.15, 0.2) is 0 Å². The maximum atomic E-state index is 13.3. The number of allylic oxidation sites excluding steroid dienone is 1. The van der Waals surface area contributed by atoms with Crippen molar-refractivity contribution in [3.63, 3.8) is 0 Å². The first-order chi connectivity index (χ1) is 8.68. The Kier molecular flexibility index (Phi) is 4.86. The Bertz CT molecular complexity index is 356. The normalized spacial score (nSPS) is 24.5. The molecule has 2 N–H and O–H groups in total. The van der Waals surface area contributed by atoms with Gasteiger partial charge in [0.2, 0.25) is 0 Å². The smallest absolute Gasteiger partial charge is 0.308 e. The number of likely N-dealkylation sites (N-methyl/N-ethyl adjacent to an activating group) is 1. The van der Waals surface area contributed by atoms with E-state index in [9.17, 15) is 22.0 Å². The molecule has 1 aliphatic rings. The summed E-state index contributed by atoms with van der Waals surface area (Å²) in [6.45, 7) is -0.256. The van der Waals surface area contributed by atoms with Crippen molar-refractivity contribution in [3.8, 4) is 0 Å². The summed E-state index contributed by atoms with van der Waals surface area (Å²) in [6.07, 6.45) is -4.47. The molecule has 1 heterocycles. The van der Waals surface area contributed by atoms with Crippen LogP contribution in [0.5, 0.6) is 0 Å². The Morgan fingerprint density at radius 2 is 2.16 bits per heavy atom. The molecule has 4 nitrogen and oxygen atoms in total. The largest absolute Gasteiger partial charge is 0.419 e. The van der Waals surface area contributed by atoms with Crippen LogP contribution in [0.4, 0.5) is 22.0 Å². The lowest BCUT2D eigenvalue weighted by molar-refractivity contribution is -0.0898. The second-order valence-corrected chi connectivity index (χ2v) is 4.18. The van der Waals surface area contributed by atoms with E-state index < -0.39 is 30.3 Å². The number of likely N-dealkylation sites (tertiary alicyclic amines) is 1. The van der Waals surface area contributed by atoms with Crippen LogP contribution in [0.1, 0.15) is 6.42 Å². The molecule has 0 radical (unpaired) electrons. The van der Waals surface area contributed by atoms with Crippen LogP contribution in [0.3, 0.4) is 0 Å². The highest BCUT2D eigenvalue weighted by Crippen LogP contribution is 2.32. The summed E-state index contributed by atoms with van der Waals surface area (Å²) in [6, 6.07) is -1.18. The van der Waals surface area contributed by atoms with Gasteiger partial charge in [-0.05, 0) is 7.05 Å². The van der Waals surface area contributed by atoms with E-state index in [-0.39, 0.29) is 19.2 Å². The molecule has 0 saturated carbocycles. The molecule has 1 atom stereocenters. The van der Waals surface area contributed by atoms with Crippen LogP contribution in [0.2, 0.25) is 0 Å². The Balaban J connectivity index is 2.46. The molecule has 110 valence electrons. The van der Waals surface area contributed by atoms with Gasteiger partial charge in [-0.2, -0.15) is 13.2 Å². The maximum Gasteiger partial charge on any atom is 0.419 e. The van der Waals surface area contributed by atoms with E-state index >= 15 is 0 Å². The van der Waals surface area contributed by atoms with Gasteiger partial charge < -0.3 is 5.41 Å². The Labute approximate surface area is 106 Å². The first kappa shape index (κ1) is 15.8. The molecular weight excluding hydrogens is 273 g/mol. The predicted octanol–water partition coefficient (Wildman–Crippen LogP) is 1.94. The fourth-order valence-electron chi connectivity index (χ4n) is 1.66. The highest BCUT2D eigenvalue weighted by atomic mass is 19.4. The first-order valence-corrected chi connectivity index (χ1v) is 5.41. The van der Waals surface area contributed by atoms with Crippen LogP contribution >= 0.6 is 0 Å². The fourth-order valence-corrected chi connectivity index (χ4v) is 1.66. The van der Waals surface area contributed by atoms with Gasteiger partial charge in [-0.3, -0.25) is 15.2 Å². The SMILES string of the molecule is CN1CCC(F)(F)[C@H]1CON/C=C(\C=N)C(F)(F)F. The number of nitrogens with zero attached hydrogens (tertiary/aromatic N) is 1. The molecule has 0 aromatic heterocycles. The highest BCUT2D eigenvalue weighted by Gasteiger charge is 2.47. The number of hydroxylamine groups is 1. The summed E-state index contributed by atoms with van der Waals surface area (Å²) in [4.78, 5) is 5.98. The molecule has 0 spiro atoms. The topological polar surface area (TPSA) is 48.4 Å². The van der Waals surface area contributed by atoms with E-state index in [0.29, 0.717) is 6.20 Å². The van der Waals surface area contributed by atoms with Gasteiger partial charge in [-0.15, -0.1) is 0 Å². The Morgan fingerprint density at radius 1 is 1.53 bits per heavy atom. The van der Waals surface area contributed by atoms with Crippen LogP contribution < -0.4 is 5.48 Å². The van der Waals surface area contributed by atoms with Crippen molar-refractivity contribution in [3.05, 3.63) is 11.8 Å². The van der Waals surface area contributed by atoms with Gasteiger partial charge in [-0.1, -0.05) is 0 Å². The molecule has 19 heavy (non-hydrogen) atoms. The van der Waals surface area contributed by atoms with Crippen LogP contribution in [0.15, 0.2) is 11.8 Å². The fraction of sp³-hybridized carbons (Fsp3) is 0.700. The Morgan fingerprint density at radius 3 is 2.58 bits per heavy atom. The van der Waals surface area contributed by atoms with E-state index in [1.54, 1.807) is 0 Å². The van der Waals surface area contributed by atoms with Crippen LogP contribution in [-0.4, -0.2) is 49.5 Å². The molecule has 0 aliphatic carbocycles. The molecule has 0 amide bonds. The van der Waals surface area contributed by atoms with Crippen molar-refractivity contribution in [1.82, 2.24) is 10.4 Å². The zero-order valence-corrected chi connectivity index (χ0v) is 10.1. The number of hydrogen-bond acceptors (Lipinski definition) is 4. The molecule has 0 bridgehead atoms. The average molecular weight is 287 g/mol. The van der Waals surface area contributed by atoms with E-state index in [1.165, 1.54) is 11.9 Å². The monoisotopic (exact) mass is 287 g/mol. The van der Waals surface area contributed by atoms with Crippen molar-refractivity contribution in [2.45, 2.75) is 24.6 Å². The van der Waals surface area contributed by atoms with E-state index in [1.807, 2.05) is 5.48 Å². The van der Waals surface area contributed by atoms with Crippen molar-refractivity contribution in [1.29, 1.82) is 5.41 Å². The van der Waals surface area contributed by atoms with Crippen LogP contribution in [0, 0.1) is 5.41 Å². The van der Waals surface area contributed by atoms with E-state index in [2.05, 4.69) is 4.84 Å². The van der Waals surface area contributed by atoms with Crippen LogP contribution in [0.25, 0.3) is 0 Å². The Hall–Kier alpha value is -1.22. The lowest BCUT2D eigenvalue weighted by Crippen LogP contribution is -2.41.